The normalized spacial score (nSPS) is 29.1. The molecule has 0 bridgehead atoms. The molecule has 2 unspecified atom stereocenters. The molecule has 0 radical (unpaired) electrons. The molecule has 0 spiro atoms. The van der Waals surface area contributed by atoms with E-state index < -0.39 is 0 Å². The number of piperidine rings is 1. The van der Waals surface area contributed by atoms with E-state index in [1.165, 1.54) is 25.7 Å². The first-order valence-corrected chi connectivity index (χ1v) is 6.21. The van der Waals surface area contributed by atoms with Crippen LogP contribution in [0.5, 0.6) is 0 Å². The average molecular weight is 219 g/mol. The Morgan fingerprint density at radius 2 is 2.19 bits per heavy atom. The maximum Gasteiger partial charge on any atom is 0.289 e. The molecule has 1 saturated carbocycles. The number of amides is 1. The maximum atomic E-state index is 12.2. The Balaban J connectivity index is 1.80. The summed E-state index contributed by atoms with van der Waals surface area (Å²) in [4.78, 5) is 14.3. The molecule has 1 aromatic rings. The summed E-state index contributed by atoms with van der Waals surface area (Å²) in [6.07, 6.45) is 7.77. The van der Waals surface area contributed by atoms with Gasteiger partial charge in [0, 0.05) is 12.6 Å². The predicted molar refractivity (Wildman–Crippen MR) is 60.1 cm³/mol. The fourth-order valence-corrected chi connectivity index (χ4v) is 3.25. The van der Waals surface area contributed by atoms with Gasteiger partial charge in [-0.15, -0.1) is 0 Å². The molecule has 3 rings (SSSR count). The minimum Gasteiger partial charge on any atom is -0.459 e. The van der Waals surface area contributed by atoms with Gasteiger partial charge >= 0.3 is 0 Å². The third-order valence-corrected chi connectivity index (χ3v) is 3.99. The lowest BCUT2D eigenvalue weighted by molar-refractivity contribution is 0.0516. The molecule has 0 N–H and O–H groups in total. The highest BCUT2D eigenvalue weighted by atomic mass is 16.3. The Bertz CT molecular complexity index is 371. The van der Waals surface area contributed by atoms with E-state index >= 15 is 0 Å². The molecule has 2 aliphatic rings. The van der Waals surface area contributed by atoms with E-state index in [9.17, 15) is 4.79 Å². The van der Waals surface area contributed by atoms with Gasteiger partial charge in [0.1, 0.15) is 0 Å². The quantitative estimate of drug-likeness (QED) is 0.727. The maximum absolute atomic E-state index is 12.2. The molecule has 2 fully saturated rings. The van der Waals surface area contributed by atoms with E-state index in [4.69, 9.17) is 4.42 Å². The van der Waals surface area contributed by atoms with E-state index in [2.05, 4.69) is 0 Å². The third kappa shape index (κ3) is 1.55. The number of hydrogen-bond donors (Lipinski definition) is 0. The summed E-state index contributed by atoms with van der Waals surface area (Å²) in [5.41, 5.74) is 0. The molecule has 2 heterocycles. The highest BCUT2D eigenvalue weighted by Crippen LogP contribution is 2.37. The van der Waals surface area contributed by atoms with Gasteiger partial charge in [-0.3, -0.25) is 4.79 Å². The van der Waals surface area contributed by atoms with Crippen molar-refractivity contribution in [3.05, 3.63) is 24.2 Å². The van der Waals surface area contributed by atoms with Crippen LogP contribution < -0.4 is 0 Å². The Kier molecular flexibility index (Phi) is 2.46. The zero-order valence-corrected chi connectivity index (χ0v) is 9.39. The minimum absolute atomic E-state index is 0.0848. The van der Waals surface area contributed by atoms with Gasteiger partial charge in [0.25, 0.3) is 5.91 Å². The van der Waals surface area contributed by atoms with Crippen LogP contribution in [-0.4, -0.2) is 23.4 Å². The largest absolute Gasteiger partial charge is 0.459 e. The van der Waals surface area contributed by atoms with Gasteiger partial charge in [-0.1, -0.05) is 6.42 Å². The molecule has 2 atom stereocenters. The molecule has 1 saturated heterocycles. The summed E-state index contributed by atoms with van der Waals surface area (Å²) in [5, 5.41) is 0. The average Bonchev–Trinajstić information content (AvgIpc) is 2.98. The number of furan rings is 1. The van der Waals surface area contributed by atoms with Crippen LogP contribution in [0.4, 0.5) is 0 Å². The number of nitrogens with zero attached hydrogens (tertiary/aromatic N) is 1. The van der Waals surface area contributed by atoms with Gasteiger partial charge in [-0.05, 0) is 43.7 Å². The van der Waals surface area contributed by atoms with Crippen molar-refractivity contribution in [2.75, 3.05) is 6.54 Å². The van der Waals surface area contributed by atoms with E-state index in [1.807, 2.05) is 4.90 Å². The highest BCUT2D eigenvalue weighted by Gasteiger charge is 2.38. The molecule has 1 amide bonds. The van der Waals surface area contributed by atoms with Crippen LogP contribution in [-0.2, 0) is 0 Å². The Morgan fingerprint density at radius 3 is 3.00 bits per heavy atom. The fraction of sp³-hybridized carbons (Fsp3) is 0.615. The number of fused-ring (bicyclic) bond motifs is 1. The standard InChI is InChI=1S/C13H17NO2/c15-13(12-7-3-9-16-12)14-8-2-5-10-4-1-6-11(10)14/h3,7,9-11H,1-2,4-6,8H2. The molecule has 3 heteroatoms. The van der Waals surface area contributed by atoms with Crippen LogP contribution in [0.3, 0.4) is 0 Å². The van der Waals surface area contributed by atoms with Crippen LogP contribution in [0, 0.1) is 5.92 Å². The van der Waals surface area contributed by atoms with Crippen molar-refractivity contribution in [2.24, 2.45) is 5.92 Å². The number of carbonyl (C=O) groups is 1. The number of likely N-dealkylation sites (tertiary alicyclic amines) is 1. The second-order valence-electron chi connectivity index (χ2n) is 4.88. The van der Waals surface area contributed by atoms with Crippen LogP contribution in [0.1, 0.15) is 42.7 Å². The first-order chi connectivity index (χ1) is 7.86. The predicted octanol–water partition coefficient (Wildman–Crippen LogP) is 2.68. The van der Waals surface area contributed by atoms with Crippen LogP contribution >= 0.6 is 0 Å². The first kappa shape index (κ1) is 9.94. The molecular formula is C13H17NO2. The summed E-state index contributed by atoms with van der Waals surface area (Å²) in [6, 6.07) is 4.02. The van der Waals surface area contributed by atoms with Crippen molar-refractivity contribution in [3.63, 3.8) is 0 Å². The monoisotopic (exact) mass is 219 g/mol. The molecular weight excluding hydrogens is 202 g/mol. The Labute approximate surface area is 95.4 Å². The molecule has 86 valence electrons. The number of hydrogen-bond acceptors (Lipinski definition) is 2. The number of rotatable bonds is 1. The summed E-state index contributed by atoms with van der Waals surface area (Å²) in [5.74, 6) is 1.32. The highest BCUT2D eigenvalue weighted by molar-refractivity contribution is 5.91. The first-order valence-electron chi connectivity index (χ1n) is 6.21. The van der Waals surface area contributed by atoms with E-state index in [0.29, 0.717) is 11.8 Å². The Hall–Kier alpha value is -1.25. The second kappa shape index (κ2) is 3.96. The van der Waals surface area contributed by atoms with Gasteiger partial charge in [0.2, 0.25) is 0 Å². The lowest BCUT2D eigenvalue weighted by Crippen LogP contribution is -2.46. The van der Waals surface area contributed by atoms with Crippen molar-refractivity contribution in [2.45, 2.75) is 38.1 Å². The lowest BCUT2D eigenvalue weighted by atomic mass is 9.92. The van der Waals surface area contributed by atoms with E-state index in [1.54, 1.807) is 18.4 Å². The van der Waals surface area contributed by atoms with Gasteiger partial charge in [-0.2, -0.15) is 0 Å². The number of carbonyl (C=O) groups excluding carboxylic acids is 1. The molecule has 1 aliphatic carbocycles. The van der Waals surface area contributed by atoms with Gasteiger partial charge in [0.05, 0.1) is 6.26 Å². The van der Waals surface area contributed by atoms with Crippen molar-refractivity contribution in [1.29, 1.82) is 0 Å². The van der Waals surface area contributed by atoms with E-state index in [-0.39, 0.29) is 5.91 Å². The van der Waals surface area contributed by atoms with Crippen molar-refractivity contribution < 1.29 is 9.21 Å². The van der Waals surface area contributed by atoms with Gasteiger partial charge in [0.15, 0.2) is 5.76 Å². The topological polar surface area (TPSA) is 33.5 Å². The van der Waals surface area contributed by atoms with Crippen molar-refractivity contribution >= 4 is 5.91 Å². The molecule has 1 aliphatic heterocycles. The fourth-order valence-electron chi connectivity index (χ4n) is 3.25. The van der Waals surface area contributed by atoms with Gasteiger partial charge < -0.3 is 9.32 Å². The molecule has 0 aromatic carbocycles. The van der Waals surface area contributed by atoms with Crippen molar-refractivity contribution in [1.82, 2.24) is 4.90 Å². The zero-order chi connectivity index (χ0) is 11.0. The van der Waals surface area contributed by atoms with Gasteiger partial charge in [-0.25, -0.2) is 0 Å². The van der Waals surface area contributed by atoms with Crippen LogP contribution in [0.2, 0.25) is 0 Å². The van der Waals surface area contributed by atoms with Crippen LogP contribution in [0.15, 0.2) is 22.8 Å². The minimum atomic E-state index is 0.0848. The van der Waals surface area contributed by atoms with Crippen LogP contribution in [0.25, 0.3) is 0 Å². The summed E-state index contributed by atoms with van der Waals surface area (Å²) in [7, 11) is 0. The van der Waals surface area contributed by atoms with Crippen molar-refractivity contribution in [3.8, 4) is 0 Å². The Morgan fingerprint density at radius 1 is 1.31 bits per heavy atom. The summed E-state index contributed by atoms with van der Waals surface area (Å²) >= 11 is 0. The summed E-state index contributed by atoms with van der Waals surface area (Å²) < 4.78 is 5.21. The summed E-state index contributed by atoms with van der Waals surface area (Å²) in [6.45, 7) is 0.903. The SMILES string of the molecule is O=C(c1ccco1)N1CCCC2CCCC21. The second-order valence-corrected chi connectivity index (χ2v) is 4.88. The zero-order valence-electron chi connectivity index (χ0n) is 9.39. The molecule has 16 heavy (non-hydrogen) atoms. The lowest BCUT2D eigenvalue weighted by Gasteiger charge is -2.37. The smallest absolute Gasteiger partial charge is 0.289 e. The third-order valence-electron chi connectivity index (χ3n) is 3.99. The molecule has 1 aromatic heterocycles. The van der Waals surface area contributed by atoms with E-state index in [0.717, 1.165) is 18.9 Å². The molecule has 3 nitrogen and oxygen atoms in total.